The summed E-state index contributed by atoms with van der Waals surface area (Å²) in [6, 6.07) is 8.09. The first-order valence-electron chi connectivity index (χ1n) is 16.4. The number of methoxy groups -OCH3 is 4. The van der Waals surface area contributed by atoms with Crippen molar-refractivity contribution >= 4 is 84.9 Å². The number of hydrogen-bond donors (Lipinski definition) is 2. The Morgan fingerprint density at radius 2 is 1.37 bits per heavy atom. The average molecular weight is 872 g/mol. The molecule has 0 aliphatic carbocycles. The van der Waals surface area contributed by atoms with Gasteiger partial charge < -0.3 is 28.4 Å². The Morgan fingerprint density at radius 3 is 1.98 bits per heavy atom. The predicted molar refractivity (Wildman–Crippen MR) is 218 cm³/mol. The van der Waals surface area contributed by atoms with Crippen molar-refractivity contribution in [3.63, 3.8) is 0 Å². The molecule has 0 saturated heterocycles. The van der Waals surface area contributed by atoms with Crippen LogP contribution in [-0.4, -0.2) is 99.5 Å². The van der Waals surface area contributed by atoms with Crippen molar-refractivity contribution in [1.29, 1.82) is 0 Å². The van der Waals surface area contributed by atoms with Crippen LogP contribution in [0.2, 0.25) is 10.2 Å². The van der Waals surface area contributed by atoms with Crippen molar-refractivity contribution in [2.75, 3.05) is 63.3 Å². The molecule has 6 rings (SSSR count). The van der Waals surface area contributed by atoms with E-state index in [9.17, 15) is 14.1 Å². The highest BCUT2D eigenvalue weighted by atomic mass is 35.5. The second kappa shape index (κ2) is 18.3. The molecule has 6 aromatic rings. The van der Waals surface area contributed by atoms with Gasteiger partial charge in [0.15, 0.2) is 4.90 Å². The van der Waals surface area contributed by atoms with Crippen molar-refractivity contribution in [1.82, 2.24) is 35.3 Å². The van der Waals surface area contributed by atoms with Crippen molar-refractivity contribution in [2.24, 2.45) is 0 Å². The lowest BCUT2D eigenvalue weighted by Gasteiger charge is -2.22. The van der Waals surface area contributed by atoms with Crippen LogP contribution in [0.5, 0.6) is 21.9 Å². The number of benzene rings is 1. The van der Waals surface area contributed by atoms with Gasteiger partial charge in [0, 0.05) is 53.5 Å². The number of nitrogens with one attached hydrogen (secondary N) is 2. The van der Waals surface area contributed by atoms with Crippen LogP contribution in [0.25, 0.3) is 22.3 Å². The van der Waals surface area contributed by atoms with Crippen LogP contribution >= 0.6 is 45.9 Å². The number of rotatable bonds is 15. The molecule has 1 aromatic carbocycles. The molecule has 0 saturated carbocycles. The minimum Gasteiger partial charge on any atom is -0.611 e. The number of aromatic nitrogens is 7. The van der Waals surface area contributed by atoms with Gasteiger partial charge in [-0.15, -0.1) is 10.2 Å². The maximum absolute atomic E-state index is 13.8. The van der Waals surface area contributed by atoms with Crippen molar-refractivity contribution in [3.8, 4) is 44.1 Å². The van der Waals surface area contributed by atoms with Crippen LogP contribution in [-0.2, 0) is 11.2 Å². The van der Waals surface area contributed by atoms with E-state index >= 15 is 0 Å². The van der Waals surface area contributed by atoms with Gasteiger partial charge in [0.2, 0.25) is 10.3 Å². The first kappa shape index (κ1) is 41.3. The fraction of sp³-hybridized carbons (Fsp3) is 0.229. The van der Waals surface area contributed by atoms with Crippen LogP contribution in [0, 0.1) is 6.92 Å². The van der Waals surface area contributed by atoms with Gasteiger partial charge in [-0.2, -0.15) is 0 Å². The molecule has 5 aromatic heterocycles. The molecule has 17 nitrogen and oxygen atoms in total. The molecule has 0 aliphatic heterocycles. The molecule has 0 fully saturated rings. The van der Waals surface area contributed by atoms with E-state index in [1.807, 2.05) is 0 Å². The fourth-order valence-corrected chi connectivity index (χ4v) is 8.22. The zero-order valence-electron chi connectivity index (χ0n) is 30.9. The highest BCUT2D eigenvalue weighted by Crippen LogP contribution is 2.40. The zero-order chi connectivity index (χ0) is 40.8. The molecule has 0 unspecified atom stereocenters. The predicted octanol–water partition coefficient (Wildman–Crippen LogP) is 6.31. The van der Waals surface area contributed by atoms with Gasteiger partial charge in [0.1, 0.15) is 28.2 Å². The first-order valence-corrected chi connectivity index (χ1v) is 20.1. The third kappa shape index (κ3) is 9.43. The van der Waals surface area contributed by atoms with E-state index in [1.165, 1.54) is 47.0 Å². The van der Waals surface area contributed by atoms with Crippen molar-refractivity contribution < 1.29 is 33.1 Å². The van der Waals surface area contributed by atoms with Crippen molar-refractivity contribution in [3.05, 3.63) is 75.9 Å². The quantitative estimate of drug-likeness (QED) is 0.0856. The number of aryl methyl sites for hydroxylation is 1. The smallest absolute Gasteiger partial charge is 0.295 e. The number of carbonyl (C=O) groups is 2. The van der Waals surface area contributed by atoms with Crippen LogP contribution < -0.4 is 34.5 Å². The molecular weight excluding hydrogens is 840 g/mol. The number of carbonyl (C=O) groups excluding carboxylic acids is 2. The Labute approximate surface area is 346 Å². The molecule has 0 radical (unpaired) electrons. The first-order chi connectivity index (χ1) is 27.4. The molecule has 296 valence electrons. The molecule has 0 aliphatic rings. The number of nitrogens with zero attached hydrogens (tertiary/aromatic N) is 8. The minimum absolute atomic E-state index is 0.120. The third-order valence-corrected chi connectivity index (χ3v) is 11.8. The van der Waals surface area contributed by atoms with E-state index < -0.39 is 23.0 Å². The van der Waals surface area contributed by atoms with E-state index in [0.29, 0.717) is 50.2 Å². The lowest BCUT2D eigenvalue weighted by molar-refractivity contribution is 0.101. The Morgan fingerprint density at radius 1 is 0.737 bits per heavy atom. The average Bonchev–Trinajstić information content (AvgIpc) is 3.88. The standard InChI is InChI=1S/C35H32Cl2N10O7S3/c1-17-9-18(23(15-38-17)31(49)42-33-44-46-35(54-6)56-33)19-10-24(36)27(13-25(19)51-3)57(50)8-7-47(2)29-12-21(30(48)41-32-43-45-34(53-5)55-32)22(14-40-29)20-11-28(37)39-16-26(20)52-4/h9-16H,7-8H2,1-6H3,(H,41,43,48)(H,42,44,49)/t57-/m1/s1. The van der Waals surface area contributed by atoms with E-state index in [0.717, 1.165) is 22.7 Å². The van der Waals surface area contributed by atoms with Gasteiger partial charge in [-0.3, -0.25) is 25.2 Å². The Kier molecular flexibility index (Phi) is 13.2. The molecule has 2 N–H and O–H groups in total. The maximum Gasteiger partial charge on any atom is 0.295 e. The molecule has 22 heteroatoms. The molecular formula is C35H32Cl2N10O7S3. The summed E-state index contributed by atoms with van der Waals surface area (Å²) in [6.45, 7) is 2.02. The molecule has 1 atom stereocenters. The van der Waals surface area contributed by atoms with Gasteiger partial charge in [-0.25, -0.2) is 9.97 Å². The van der Waals surface area contributed by atoms with E-state index in [1.54, 1.807) is 49.2 Å². The SMILES string of the molecule is COc1nnc(NC(=O)c2cc(N(C)CC[S@@+]([O-])c3cc(OC)c(-c4cc(C)ncc4C(=O)Nc4nnc(OC)s4)cc3Cl)ncc2-c2cc(Cl)ncc2OC)s1. The summed E-state index contributed by atoms with van der Waals surface area (Å²) in [5.41, 5.74) is 2.95. The maximum atomic E-state index is 13.8. The second-order valence-corrected chi connectivity index (χ2v) is 15.9. The molecule has 0 spiro atoms. The molecule has 2 amide bonds. The normalized spacial score (nSPS) is 11.5. The highest BCUT2D eigenvalue weighted by molar-refractivity contribution is 7.91. The number of hydrogen-bond acceptors (Lipinski definition) is 17. The number of halogens is 2. The lowest BCUT2D eigenvalue weighted by Crippen LogP contribution is -2.27. The number of amides is 2. The molecule has 0 bridgehead atoms. The monoisotopic (exact) mass is 870 g/mol. The summed E-state index contributed by atoms with van der Waals surface area (Å²) >= 11 is 13.5. The Hall–Kier alpha value is -5.38. The summed E-state index contributed by atoms with van der Waals surface area (Å²) in [7, 11) is 7.60. The van der Waals surface area contributed by atoms with Crippen LogP contribution in [0.3, 0.4) is 0 Å². The van der Waals surface area contributed by atoms with E-state index in [4.69, 9.17) is 42.1 Å². The summed E-state index contributed by atoms with van der Waals surface area (Å²) < 4.78 is 35.3. The highest BCUT2D eigenvalue weighted by Gasteiger charge is 2.26. The zero-order valence-corrected chi connectivity index (χ0v) is 34.9. The van der Waals surface area contributed by atoms with E-state index in [2.05, 4.69) is 46.0 Å². The van der Waals surface area contributed by atoms with Gasteiger partial charge in [0.05, 0.1) is 57.3 Å². The van der Waals surface area contributed by atoms with Gasteiger partial charge in [0.25, 0.3) is 22.2 Å². The summed E-state index contributed by atoms with van der Waals surface area (Å²) in [5.74, 6) is 0.228. The van der Waals surface area contributed by atoms with Gasteiger partial charge in [-0.1, -0.05) is 33.4 Å². The summed E-state index contributed by atoms with van der Waals surface area (Å²) in [4.78, 5) is 42.2. The van der Waals surface area contributed by atoms with Gasteiger partial charge >= 0.3 is 0 Å². The number of pyridine rings is 3. The topological polar surface area (TPSA) is 212 Å². The molecule has 57 heavy (non-hydrogen) atoms. The largest absolute Gasteiger partial charge is 0.611 e. The van der Waals surface area contributed by atoms with Crippen LogP contribution in [0.4, 0.5) is 16.1 Å². The lowest BCUT2D eigenvalue weighted by atomic mass is 9.99. The fourth-order valence-electron chi connectivity index (χ4n) is 5.36. The van der Waals surface area contributed by atoms with Crippen molar-refractivity contribution in [2.45, 2.75) is 11.8 Å². The third-order valence-electron chi connectivity index (χ3n) is 8.16. The summed E-state index contributed by atoms with van der Waals surface area (Å²) in [5, 5.41) is 22.5. The summed E-state index contributed by atoms with van der Waals surface area (Å²) in [6.07, 6.45) is 4.41. The minimum atomic E-state index is -1.63. The Balaban J connectivity index is 1.24. The Bertz CT molecular complexity index is 2440. The van der Waals surface area contributed by atoms with E-state index in [-0.39, 0.29) is 54.3 Å². The van der Waals surface area contributed by atoms with Crippen LogP contribution in [0.15, 0.2) is 53.8 Å². The number of anilines is 3. The molecule has 5 heterocycles. The second-order valence-electron chi connectivity index (χ2n) is 11.7. The number of ether oxygens (including phenoxy) is 4. The van der Waals surface area contributed by atoms with Gasteiger partial charge in [-0.05, 0) is 65.0 Å². The van der Waals surface area contributed by atoms with Crippen LogP contribution in [0.1, 0.15) is 26.4 Å².